The minimum atomic E-state index is -0.172. The standard InChI is InChI=1S/C19H27N5O/c1-12-6-7-14-9-13(2)17(15(14)8-12)23-18(25)20-10-16-21-11-22-24(16)19(3,4)5/h6-8,11,13,17H,9-10H2,1-5H3,(H2,20,23,25)/t13-,17+/m1/s1. The molecule has 25 heavy (non-hydrogen) atoms. The molecular formula is C19H27N5O. The van der Waals surface area contributed by atoms with Crippen LogP contribution in [-0.2, 0) is 18.5 Å². The highest BCUT2D eigenvalue weighted by atomic mass is 16.2. The zero-order chi connectivity index (χ0) is 18.2. The van der Waals surface area contributed by atoms with Crippen LogP contribution in [0, 0.1) is 12.8 Å². The Morgan fingerprint density at radius 2 is 2.12 bits per heavy atom. The number of aromatic nitrogens is 3. The molecule has 2 aromatic rings. The second-order valence-corrected chi connectivity index (χ2v) is 7.95. The molecule has 0 saturated carbocycles. The lowest BCUT2D eigenvalue weighted by atomic mass is 10.0. The monoisotopic (exact) mass is 341 g/mol. The Morgan fingerprint density at radius 3 is 2.84 bits per heavy atom. The highest BCUT2D eigenvalue weighted by molar-refractivity contribution is 5.74. The van der Waals surface area contributed by atoms with Crippen molar-refractivity contribution in [2.45, 2.75) is 59.2 Å². The predicted octanol–water partition coefficient (Wildman–Crippen LogP) is 3.07. The number of carbonyl (C=O) groups is 1. The summed E-state index contributed by atoms with van der Waals surface area (Å²) < 4.78 is 1.84. The van der Waals surface area contributed by atoms with E-state index in [4.69, 9.17) is 0 Å². The van der Waals surface area contributed by atoms with Crippen molar-refractivity contribution in [3.63, 3.8) is 0 Å². The number of hydrogen-bond acceptors (Lipinski definition) is 3. The molecule has 1 aliphatic rings. The fraction of sp³-hybridized carbons (Fsp3) is 0.526. The summed E-state index contributed by atoms with van der Waals surface area (Å²) in [5, 5.41) is 10.3. The van der Waals surface area contributed by atoms with Crippen LogP contribution < -0.4 is 10.6 Å². The summed E-state index contributed by atoms with van der Waals surface area (Å²) in [6.45, 7) is 10.8. The van der Waals surface area contributed by atoms with Gasteiger partial charge >= 0.3 is 6.03 Å². The van der Waals surface area contributed by atoms with Gasteiger partial charge in [-0.25, -0.2) is 14.5 Å². The third kappa shape index (κ3) is 3.67. The van der Waals surface area contributed by atoms with Crippen LogP contribution in [0.3, 0.4) is 0 Å². The van der Waals surface area contributed by atoms with Crippen LogP contribution in [0.5, 0.6) is 0 Å². The lowest BCUT2D eigenvalue weighted by Gasteiger charge is -2.22. The highest BCUT2D eigenvalue weighted by Gasteiger charge is 2.30. The summed E-state index contributed by atoms with van der Waals surface area (Å²) in [4.78, 5) is 16.7. The van der Waals surface area contributed by atoms with Gasteiger partial charge in [0, 0.05) is 0 Å². The van der Waals surface area contributed by atoms with Crippen molar-refractivity contribution in [3.05, 3.63) is 47.0 Å². The Bertz CT molecular complexity index is 774. The Morgan fingerprint density at radius 1 is 1.36 bits per heavy atom. The molecule has 0 saturated heterocycles. The number of nitrogens with zero attached hydrogens (tertiary/aromatic N) is 3. The molecule has 134 valence electrons. The first-order valence-electron chi connectivity index (χ1n) is 8.79. The first kappa shape index (κ1) is 17.5. The molecule has 0 unspecified atom stereocenters. The van der Waals surface area contributed by atoms with E-state index in [1.807, 2.05) is 4.68 Å². The molecule has 0 bridgehead atoms. The molecule has 0 fully saturated rings. The number of hydrogen-bond donors (Lipinski definition) is 2. The Labute approximate surface area is 149 Å². The average molecular weight is 341 g/mol. The van der Waals surface area contributed by atoms with Gasteiger partial charge in [0.2, 0.25) is 0 Å². The minimum absolute atomic E-state index is 0.0513. The summed E-state index contributed by atoms with van der Waals surface area (Å²) in [6.07, 6.45) is 2.52. The van der Waals surface area contributed by atoms with Gasteiger partial charge in [-0.3, -0.25) is 0 Å². The SMILES string of the molecule is Cc1ccc2c(c1)[C@@H](NC(=O)NCc1ncnn1C(C)(C)C)[C@H](C)C2. The fourth-order valence-electron chi connectivity index (χ4n) is 3.48. The highest BCUT2D eigenvalue weighted by Crippen LogP contribution is 2.36. The molecule has 2 atom stereocenters. The van der Waals surface area contributed by atoms with E-state index in [0.717, 1.165) is 12.2 Å². The quantitative estimate of drug-likeness (QED) is 0.901. The third-order valence-corrected chi connectivity index (χ3v) is 4.69. The van der Waals surface area contributed by atoms with Crippen molar-refractivity contribution in [2.24, 2.45) is 5.92 Å². The second kappa shape index (κ2) is 6.50. The molecule has 2 N–H and O–H groups in total. The van der Waals surface area contributed by atoms with Crippen LogP contribution in [-0.4, -0.2) is 20.8 Å². The van der Waals surface area contributed by atoms with Gasteiger partial charge in [-0.15, -0.1) is 0 Å². The molecule has 3 rings (SSSR count). The van der Waals surface area contributed by atoms with Crippen molar-refractivity contribution in [2.75, 3.05) is 0 Å². The van der Waals surface area contributed by atoms with Gasteiger partial charge in [0.15, 0.2) is 0 Å². The lowest BCUT2D eigenvalue weighted by molar-refractivity contribution is 0.232. The number of urea groups is 1. The zero-order valence-electron chi connectivity index (χ0n) is 15.6. The number of carbonyl (C=O) groups excluding carboxylic acids is 1. The molecule has 0 radical (unpaired) electrons. The van der Waals surface area contributed by atoms with E-state index in [1.165, 1.54) is 23.0 Å². The van der Waals surface area contributed by atoms with Crippen LogP contribution >= 0.6 is 0 Å². The third-order valence-electron chi connectivity index (χ3n) is 4.69. The summed E-state index contributed by atoms with van der Waals surface area (Å²) in [6, 6.07) is 6.37. The van der Waals surface area contributed by atoms with E-state index in [0.29, 0.717) is 12.5 Å². The molecule has 0 spiro atoms. The lowest BCUT2D eigenvalue weighted by Crippen LogP contribution is -2.39. The van der Waals surface area contributed by atoms with Gasteiger partial charge < -0.3 is 10.6 Å². The molecule has 6 heteroatoms. The molecule has 1 aliphatic carbocycles. The van der Waals surface area contributed by atoms with Crippen LogP contribution in [0.25, 0.3) is 0 Å². The fourth-order valence-corrected chi connectivity index (χ4v) is 3.48. The van der Waals surface area contributed by atoms with Gasteiger partial charge in [-0.2, -0.15) is 5.10 Å². The van der Waals surface area contributed by atoms with Crippen molar-refractivity contribution < 1.29 is 4.79 Å². The van der Waals surface area contributed by atoms with E-state index in [9.17, 15) is 4.79 Å². The topological polar surface area (TPSA) is 71.8 Å². The Hall–Kier alpha value is -2.37. The number of aryl methyl sites for hydroxylation is 1. The minimum Gasteiger partial charge on any atom is -0.331 e. The molecule has 1 aromatic heterocycles. The van der Waals surface area contributed by atoms with Gasteiger partial charge in [0.1, 0.15) is 12.2 Å². The van der Waals surface area contributed by atoms with E-state index < -0.39 is 0 Å². The largest absolute Gasteiger partial charge is 0.331 e. The van der Waals surface area contributed by atoms with Gasteiger partial charge in [-0.1, -0.05) is 30.7 Å². The first-order chi connectivity index (χ1) is 11.8. The number of nitrogens with one attached hydrogen (secondary N) is 2. The van der Waals surface area contributed by atoms with Crippen molar-refractivity contribution in [1.29, 1.82) is 0 Å². The number of fused-ring (bicyclic) bond motifs is 1. The number of benzene rings is 1. The summed E-state index contributed by atoms with van der Waals surface area (Å²) >= 11 is 0. The van der Waals surface area contributed by atoms with E-state index >= 15 is 0 Å². The number of rotatable bonds is 3. The second-order valence-electron chi connectivity index (χ2n) is 7.95. The van der Waals surface area contributed by atoms with E-state index in [-0.39, 0.29) is 17.6 Å². The number of amides is 2. The molecule has 1 aromatic carbocycles. The Balaban J connectivity index is 1.65. The summed E-state index contributed by atoms with van der Waals surface area (Å²) in [5.74, 6) is 1.14. The average Bonchev–Trinajstić information content (AvgIpc) is 3.11. The first-order valence-corrected chi connectivity index (χ1v) is 8.79. The normalized spacial score (nSPS) is 19.6. The van der Waals surface area contributed by atoms with Gasteiger partial charge in [-0.05, 0) is 51.2 Å². The van der Waals surface area contributed by atoms with Crippen LogP contribution in [0.2, 0.25) is 0 Å². The van der Waals surface area contributed by atoms with Crippen LogP contribution in [0.15, 0.2) is 24.5 Å². The molecular weight excluding hydrogens is 314 g/mol. The van der Waals surface area contributed by atoms with E-state index in [2.05, 4.69) is 73.5 Å². The van der Waals surface area contributed by atoms with Crippen molar-refractivity contribution in [1.82, 2.24) is 25.4 Å². The maximum absolute atomic E-state index is 12.4. The van der Waals surface area contributed by atoms with Crippen LogP contribution in [0.1, 0.15) is 56.3 Å². The maximum atomic E-state index is 12.4. The van der Waals surface area contributed by atoms with Gasteiger partial charge in [0.25, 0.3) is 0 Å². The zero-order valence-corrected chi connectivity index (χ0v) is 15.6. The smallest absolute Gasteiger partial charge is 0.315 e. The van der Waals surface area contributed by atoms with Crippen molar-refractivity contribution in [3.8, 4) is 0 Å². The summed E-state index contributed by atoms with van der Waals surface area (Å²) in [7, 11) is 0. The van der Waals surface area contributed by atoms with Gasteiger partial charge in [0.05, 0.1) is 18.1 Å². The van der Waals surface area contributed by atoms with Crippen LogP contribution in [0.4, 0.5) is 4.79 Å². The van der Waals surface area contributed by atoms with Crippen molar-refractivity contribution >= 4 is 6.03 Å². The molecule has 6 nitrogen and oxygen atoms in total. The Kier molecular flexibility index (Phi) is 4.54. The maximum Gasteiger partial charge on any atom is 0.315 e. The predicted molar refractivity (Wildman–Crippen MR) is 97.2 cm³/mol. The van der Waals surface area contributed by atoms with E-state index in [1.54, 1.807) is 0 Å². The molecule has 0 aliphatic heterocycles. The summed E-state index contributed by atoms with van der Waals surface area (Å²) in [5.41, 5.74) is 3.62. The molecule has 2 amide bonds. The molecule has 1 heterocycles.